The standard InChI is InChI=1S/C5H2N3.BrH.Zn/c6-4-5-7-2-1-3-8-5;;/h2-3H;1H;/q-1;;+2/p-1. The van der Waals surface area contributed by atoms with Crippen LogP contribution in [0.3, 0.4) is 0 Å². The van der Waals surface area contributed by atoms with Crippen molar-refractivity contribution in [1.29, 1.82) is 5.26 Å². The Bertz CT molecular complexity index is 208. The van der Waals surface area contributed by atoms with Gasteiger partial charge in [0, 0.05) is 0 Å². The summed E-state index contributed by atoms with van der Waals surface area (Å²) in [5.74, 6) is 0.184. The van der Waals surface area contributed by atoms with Crippen molar-refractivity contribution in [2.24, 2.45) is 0 Å². The predicted molar refractivity (Wildman–Crippen MR) is 34.5 cm³/mol. The van der Waals surface area contributed by atoms with Gasteiger partial charge in [-0.15, -0.1) is 12.4 Å². The molecule has 0 aliphatic carbocycles. The van der Waals surface area contributed by atoms with Crippen LogP contribution in [0.2, 0.25) is 0 Å². The van der Waals surface area contributed by atoms with E-state index in [-0.39, 0.29) is 5.82 Å². The van der Waals surface area contributed by atoms with E-state index in [1.807, 2.05) is 0 Å². The molecule has 1 rings (SSSR count). The molecule has 0 fully saturated rings. The molecule has 0 aliphatic rings. The average molecular weight is 249 g/mol. The first-order valence-corrected chi connectivity index (χ1v) is 9.23. The summed E-state index contributed by atoms with van der Waals surface area (Å²) in [4.78, 5) is 7.14. The van der Waals surface area contributed by atoms with Crippen LogP contribution >= 0.6 is 13.6 Å². The second-order valence-corrected chi connectivity index (χ2v) is 1.12. The van der Waals surface area contributed by atoms with Gasteiger partial charge in [-0.25, -0.2) is 0 Å². The van der Waals surface area contributed by atoms with Gasteiger partial charge in [0.25, 0.3) is 0 Å². The van der Waals surface area contributed by atoms with E-state index in [1.165, 1.54) is 28.7 Å². The molecule has 0 bridgehead atoms. The predicted octanol–water partition coefficient (Wildman–Crippen LogP) is 0.992. The third kappa shape index (κ3) is 3.65. The van der Waals surface area contributed by atoms with Crippen molar-refractivity contribution in [2.45, 2.75) is 0 Å². The molecule has 1 aromatic heterocycles. The van der Waals surface area contributed by atoms with Crippen molar-refractivity contribution in [2.75, 3.05) is 0 Å². The maximum absolute atomic E-state index is 8.15. The first-order valence-electron chi connectivity index (χ1n) is 2.28. The number of aromatic nitrogens is 2. The molecule has 0 aromatic carbocycles. The molecule has 0 saturated heterocycles. The van der Waals surface area contributed by atoms with E-state index in [0.29, 0.717) is 0 Å². The van der Waals surface area contributed by atoms with E-state index in [9.17, 15) is 0 Å². The monoisotopic (exact) mass is 247 g/mol. The van der Waals surface area contributed by atoms with Gasteiger partial charge in [-0.1, -0.05) is 0 Å². The summed E-state index contributed by atoms with van der Waals surface area (Å²) >= 11 is 4.25. The number of rotatable bonds is 0. The molecule has 46 valence electrons. The average Bonchev–Trinajstić information content (AvgIpc) is 2.10. The van der Waals surface area contributed by atoms with Gasteiger partial charge in [0.1, 0.15) is 6.07 Å². The van der Waals surface area contributed by atoms with Crippen LogP contribution in [-0.4, -0.2) is 9.97 Å². The summed E-state index contributed by atoms with van der Waals surface area (Å²) in [5, 5.41) is 8.15. The number of hydrogen-bond acceptors (Lipinski definition) is 3. The van der Waals surface area contributed by atoms with Crippen molar-refractivity contribution in [3.05, 3.63) is 24.3 Å². The number of nitrogens with zero attached hydrogens (tertiary/aromatic N) is 3. The normalized spacial score (nSPS) is 7.00. The number of nitriles is 1. The van der Waals surface area contributed by atoms with Crippen molar-refractivity contribution in [3.63, 3.8) is 0 Å². The minimum absolute atomic E-state index is 0.184. The molecule has 1 heterocycles. The Morgan fingerprint density at radius 1 is 1.50 bits per heavy atom. The van der Waals surface area contributed by atoms with Gasteiger partial charge in [0.15, 0.2) is 0 Å². The molecule has 0 aliphatic heterocycles. The third-order valence-electron chi connectivity index (χ3n) is 0.623. The van der Waals surface area contributed by atoms with E-state index in [4.69, 9.17) is 5.26 Å². The van der Waals surface area contributed by atoms with Crippen molar-refractivity contribution in [3.8, 4) is 6.07 Å². The fraction of sp³-hybridized carbons (Fsp3) is 0. The molecule has 0 amide bonds. The van der Waals surface area contributed by atoms with Crippen LogP contribution in [-0.2, 0) is 16.3 Å². The molecule has 0 radical (unpaired) electrons. The molecular weight excluding hydrogens is 247 g/mol. The molecule has 3 nitrogen and oxygen atoms in total. The fourth-order valence-corrected chi connectivity index (χ4v) is 0.321. The molecule has 0 unspecified atom stereocenters. The fourth-order valence-electron chi connectivity index (χ4n) is 0.321. The molecule has 10 heavy (non-hydrogen) atoms. The van der Waals surface area contributed by atoms with Crippen LogP contribution in [0.15, 0.2) is 12.4 Å². The van der Waals surface area contributed by atoms with Gasteiger partial charge in [-0.2, -0.15) is 5.26 Å². The Balaban J connectivity index is 0.000000371. The van der Waals surface area contributed by atoms with Crippen molar-refractivity contribution < 1.29 is 16.3 Å². The number of hydrogen-bond donors (Lipinski definition) is 0. The molecule has 0 N–H and O–H groups in total. The van der Waals surface area contributed by atoms with Crippen molar-refractivity contribution in [1.82, 2.24) is 9.97 Å². The SMILES string of the molecule is N#Cc1nc[c-]cn1.[Zn+][Br]. The summed E-state index contributed by atoms with van der Waals surface area (Å²) in [6.07, 6.45) is 2.82. The first-order chi connectivity index (χ1) is 4.93. The van der Waals surface area contributed by atoms with Crippen LogP contribution in [0.25, 0.3) is 0 Å². The second kappa shape index (κ2) is 6.79. The van der Waals surface area contributed by atoms with Crippen LogP contribution in [0, 0.1) is 17.4 Å². The summed E-state index contributed by atoms with van der Waals surface area (Å²) in [6, 6.07) is 4.38. The van der Waals surface area contributed by atoms with E-state index >= 15 is 0 Å². The third-order valence-corrected chi connectivity index (χ3v) is 0.623. The molecule has 1 aromatic rings. The van der Waals surface area contributed by atoms with Gasteiger partial charge in [-0.3, -0.25) is 9.97 Å². The molecule has 5 heteroatoms. The summed E-state index contributed by atoms with van der Waals surface area (Å²) < 4.78 is 0. The van der Waals surface area contributed by atoms with Gasteiger partial charge >= 0.3 is 30.0 Å². The molecular formula is C5H2BrN3Zn. The Morgan fingerprint density at radius 2 is 2.00 bits per heavy atom. The van der Waals surface area contributed by atoms with Crippen LogP contribution in [0.4, 0.5) is 0 Å². The van der Waals surface area contributed by atoms with Gasteiger partial charge in [0.05, 0.1) is 0 Å². The van der Waals surface area contributed by atoms with Crippen LogP contribution in [0.5, 0.6) is 0 Å². The Labute approximate surface area is 75.5 Å². The minimum atomic E-state index is 0.184. The van der Waals surface area contributed by atoms with E-state index in [2.05, 4.69) is 29.7 Å². The van der Waals surface area contributed by atoms with Gasteiger partial charge < -0.3 is 6.07 Å². The van der Waals surface area contributed by atoms with Gasteiger partial charge in [0.2, 0.25) is 5.82 Å². The van der Waals surface area contributed by atoms with E-state index in [1.54, 1.807) is 6.07 Å². The summed E-state index contributed by atoms with van der Waals surface area (Å²) in [7, 11) is 0. The second-order valence-electron chi connectivity index (χ2n) is 1.12. The zero-order chi connectivity index (χ0) is 7.82. The van der Waals surface area contributed by atoms with Crippen molar-refractivity contribution >= 4 is 13.6 Å². The molecule has 0 saturated carbocycles. The summed E-state index contributed by atoms with van der Waals surface area (Å²) in [5.41, 5.74) is 0. The topological polar surface area (TPSA) is 49.6 Å². The quantitative estimate of drug-likeness (QED) is 0.509. The van der Waals surface area contributed by atoms with Gasteiger partial charge in [-0.05, 0) is 0 Å². The molecule has 0 atom stereocenters. The first kappa shape index (κ1) is 9.67. The maximum atomic E-state index is 8.15. The van der Waals surface area contributed by atoms with Crippen LogP contribution < -0.4 is 0 Å². The van der Waals surface area contributed by atoms with E-state index < -0.39 is 0 Å². The number of halogens is 1. The molecule has 0 spiro atoms. The van der Waals surface area contributed by atoms with Crippen LogP contribution in [0.1, 0.15) is 5.82 Å². The Morgan fingerprint density at radius 3 is 2.30 bits per heavy atom. The van der Waals surface area contributed by atoms with E-state index in [0.717, 1.165) is 0 Å². The zero-order valence-electron chi connectivity index (χ0n) is 5.08. The zero-order valence-corrected chi connectivity index (χ0v) is 9.63. The summed E-state index contributed by atoms with van der Waals surface area (Å²) in [6.45, 7) is 0. The Hall–Kier alpha value is -0.327. The Kier molecular flexibility index (Phi) is 6.57.